The van der Waals surface area contributed by atoms with E-state index in [4.69, 9.17) is 21.1 Å². The van der Waals surface area contributed by atoms with Gasteiger partial charge in [0.15, 0.2) is 0 Å². The Balaban J connectivity index is 1.55. The minimum Gasteiger partial charge on any atom is -0.488 e. The fraction of sp³-hybridized carbons (Fsp3) is 0.207. The smallest absolute Gasteiger partial charge is 0.142 e. The number of nitroso groups, excluding NO2 is 1. The molecule has 0 fully saturated rings. The number of hydrogen-bond donors (Lipinski definition) is 1. The maximum Gasteiger partial charge on any atom is 0.142 e. The molecule has 0 aliphatic heterocycles. The van der Waals surface area contributed by atoms with Crippen molar-refractivity contribution in [1.29, 1.82) is 0 Å². The molecular formula is C29H27BrClN3O3. The van der Waals surface area contributed by atoms with Crippen molar-refractivity contribution in [1.82, 2.24) is 10.3 Å². The van der Waals surface area contributed by atoms with Crippen LogP contribution in [0.5, 0.6) is 11.5 Å². The summed E-state index contributed by atoms with van der Waals surface area (Å²) in [6.45, 7) is 3.21. The van der Waals surface area contributed by atoms with Gasteiger partial charge in [-0.2, -0.15) is 4.91 Å². The molecule has 8 heteroatoms. The summed E-state index contributed by atoms with van der Waals surface area (Å²) in [5.41, 5.74) is 5.01. The van der Waals surface area contributed by atoms with Gasteiger partial charge in [0.1, 0.15) is 24.7 Å². The lowest BCUT2D eigenvalue weighted by molar-refractivity contribution is 0.286. The number of rotatable bonds is 12. The van der Waals surface area contributed by atoms with E-state index in [9.17, 15) is 4.91 Å². The second-order valence-electron chi connectivity index (χ2n) is 8.57. The number of nitrogens with one attached hydrogen (secondary N) is 1. The molecule has 4 aromatic rings. The van der Waals surface area contributed by atoms with Gasteiger partial charge in [-0.15, -0.1) is 0 Å². The topological polar surface area (TPSA) is 72.8 Å². The number of hydrogen-bond acceptors (Lipinski definition) is 6. The van der Waals surface area contributed by atoms with Crippen molar-refractivity contribution in [2.75, 3.05) is 6.54 Å². The first-order chi connectivity index (χ1) is 18.0. The molecule has 4 rings (SSSR count). The van der Waals surface area contributed by atoms with Crippen LogP contribution < -0.4 is 14.8 Å². The summed E-state index contributed by atoms with van der Waals surface area (Å²) in [6, 6.07) is 23.7. The molecule has 0 radical (unpaired) electrons. The van der Waals surface area contributed by atoms with Crippen LogP contribution in [0.3, 0.4) is 0 Å². The van der Waals surface area contributed by atoms with Gasteiger partial charge >= 0.3 is 0 Å². The Morgan fingerprint density at radius 1 is 0.973 bits per heavy atom. The molecule has 0 amide bonds. The number of nitrogens with zero attached hydrogens (tertiary/aromatic N) is 2. The Labute approximate surface area is 230 Å². The van der Waals surface area contributed by atoms with Gasteiger partial charge in [0, 0.05) is 52.2 Å². The standard InChI is InChI=1S/C29H27BrClN3O3/c1-20(15-34-35)33-17-24-13-26(31)28(14-27(24)36-18-21-7-6-12-32-16-21)37-19-23-10-5-11-25(29(23)30)22-8-3-2-4-9-22/h2-14,16,20,33H,15,17-19H2,1H3. The summed E-state index contributed by atoms with van der Waals surface area (Å²) in [4.78, 5) is 14.8. The minimum absolute atomic E-state index is 0.0763. The van der Waals surface area contributed by atoms with Crippen LogP contribution >= 0.6 is 27.5 Å². The lowest BCUT2D eigenvalue weighted by Crippen LogP contribution is -2.28. The molecular weight excluding hydrogens is 554 g/mol. The lowest BCUT2D eigenvalue weighted by atomic mass is 10.0. The highest BCUT2D eigenvalue weighted by Crippen LogP contribution is 2.36. The predicted octanol–water partition coefficient (Wildman–Crippen LogP) is 7.57. The van der Waals surface area contributed by atoms with Crippen LogP contribution in [-0.2, 0) is 19.8 Å². The molecule has 1 heterocycles. The highest BCUT2D eigenvalue weighted by Gasteiger charge is 2.15. The summed E-state index contributed by atoms with van der Waals surface area (Å²) in [6.07, 6.45) is 3.49. The summed E-state index contributed by atoms with van der Waals surface area (Å²) in [5, 5.41) is 6.72. The Kier molecular flexibility index (Phi) is 9.65. The van der Waals surface area contributed by atoms with Crippen molar-refractivity contribution in [3.8, 4) is 22.6 Å². The van der Waals surface area contributed by atoms with Crippen LogP contribution in [0.2, 0.25) is 5.02 Å². The van der Waals surface area contributed by atoms with E-state index >= 15 is 0 Å². The molecule has 1 aromatic heterocycles. The Hall–Kier alpha value is -3.26. The van der Waals surface area contributed by atoms with Gasteiger partial charge in [-0.05, 0) is 46.1 Å². The summed E-state index contributed by atoms with van der Waals surface area (Å²) < 4.78 is 13.3. The van der Waals surface area contributed by atoms with Crippen LogP contribution in [0.1, 0.15) is 23.6 Å². The van der Waals surface area contributed by atoms with E-state index in [1.165, 1.54) is 0 Å². The molecule has 6 nitrogen and oxygen atoms in total. The Morgan fingerprint density at radius 2 is 1.78 bits per heavy atom. The second kappa shape index (κ2) is 13.3. The molecule has 0 aliphatic carbocycles. The van der Waals surface area contributed by atoms with E-state index in [0.717, 1.165) is 32.3 Å². The van der Waals surface area contributed by atoms with Gasteiger partial charge < -0.3 is 14.8 Å². The second-order valence-corrected chi connectivity index (χ2v) is 9.77. The van der Waals surface area contributed by atoms with Crippen molar-refractivity contribution in [3.05, 3.63) is 116 Å². The van der Waals surface area contributed by atoms with E-state index in [1.807, 2.05) is 61.5 Å². The van der Waals surface area contributed by atoms with E-state index in [2.05, 4.69) is 49.6 Å². The van der Waals surface area contributed by atoms with Crippen molar-refractivity contribution >= 4 is 27.5 Å². The van der Waals surface area contributed by atoms with E-state index in [0.29, 0.717) is 36.3 Å². The molecule has 3 aromatic carbocycles. The Bertz CT molecular complexity index is 1320. The molecule has 0 saturated carbocycles. The highest BCUT2D eigenvalue weighted by atomic mass is 79.9. The van der Waals surface area contributed by atoms with Crippen molar-refractivity contribution in [2.24, 2.45) is 5.18 Å². The third kappa shape index (κ3) is 7.38. The molecule has 1 unspecified atom stereocenters. The quantitative estimate of drug-likeness (QED) is 0.175. The molecule has 190 valence electrons. The largest absolute Gasteiger partial charge is 0.488 e. The van der Waals surface area contributed by atoms with Crippen LogP contribution in [-0.4, -0.2) is 17.6 Å². The number of aromatic nitrogens is 1. The lowest BCUT2D eigenvalue weighted by Gasteiger charge is -2.18. The maximum atomic E-state index is 10.6. The van der Waals surface area contributed by atoms with Gasteiger partial charge in [0.25, 0.3) is 0 Å². The first-order valence-electron chi connectivity index (χ1n) is 11.9. The van der Waals surface area contributed by atoms with Crippen molar-refractivity contribution in [3.63, 3.8) is 0 Å². The van der Waals surface area contributed by atoms with Gasteiger partial charge in [0.05, 0.1) is 11.6 Å². The van der Waals surface area contributed by atoms with E-state index in [-0.39, 0.29) is 12.6 Å². The van der Waals surface area contributed by atoms with Crippen molar-refractivity contribution < 1.29 is 9.47 Å². The highest BCUT2D eigenvalue weighted by molar-refractivity contribution is 9.10. The average molecular weight is 581 g/mol. The zero-order valence-corrected chi connectivity index (χ0v) is 22.7. The van der Waals surface area contributed by atoms with Crippen LogP contribution in [0.25, 0.3) is 11.1 Å². The number of pyridine rings is 1. The third-order valence-corrected chi connectivity index (χ3v) is 7.00. The number of benzene rings is 3. The van der Waals surface area contributed by atoms with Gasteiger partial charge in [-0.25, -0.2) is 0 Å². The molecule has 0 aliphatic rings. The minimum atomic E-state index is -0.0763. The van der Waals surface area contributed by atoms with Gasteiger partial charge in [-0.3, -0.25) is 4.98 Å². The Morgan fingerprint density at radius 3 is 2.54 bits per heavy atom. The maximum absolute atomic E-state index is 10.6. The van der Waals surface area contributed by atoms with Crippen LogP contribution in [0, 0.1) is 4.91 Å². The molecule has 1 atom stereocenters. The summed E-state index contributed by atoms with van der Waals surface area (Å²) in [5.74, 6) is 1.16. The average Bonchev–Trinajstić information content (AvgIpc) is 2.92. The fourth-order valence-electron chi connectivity index (χ4n) is 3.75. The van der Waals surface area contributed by atoms with E-state index < -0.39 is 0 Å². The predicted molar refractivity (Wildman–Crippen MR) is 151 cm³/mol. The fourth-order valence-corrected chi connectivity index (χ4v) is 4.60. The number of ether oxygens (including phenoxy) is 2. The number of halogens is 2. The first kappa shape index (κ1) is 26.8. The zero-order valence-electron chi connectivity index (χ0n) is 20.4. The first-order valence-corrected chi connectivity index (χ1v) is 13.0. The summed E-state index contributed by atoms with van der Waals surface area (Å²) >= 11 is 10.4. The molecule has 0 saturated heterocycles. The normalized spacial score (nSPS) is 11.6. The van der Waals surface area contributed by atoms with E-state index in [1.54, 1.807) is 12.4 Å². The molecule has 0 bridgehead atoms. The SMILES string of the molecule is CC(CN=O)NCc1cc(Cl)c(OCc2cccc(-c3ccccc3)c2Br)cc1OCc1cccnc1. The molecule has 1 N–H and O–H groups in total. The van der Waals surface area contributed by atoms with Crippen molar-refractivity contribution in [2.45, 2.75) is 32.7 Å². The monoisotopic (exact) mass is 579 g/mol. The van der Waals surface area contributed by atoms with Crippen LogP contribution in [0.4, 0.5) is 0 Å². The summed E-state index contributed by atoms with van der Waals surface area (Å²) in [7, 11) is 0. The van der Waals surface area contributed by atoms with Gasteiger partial charge in [0.2, 0.25) is 0 Å². The zero-order chi connectivity index (χ0) is 26.0. The van der Waals surface area contributed by atoms with Gasteiger partial charge in [-0.1, -0.05) is 71.4 Å². The molecule has 37 heavy (non-hydrogen) atoms. The molecule has 0 spiro atoms. The van der Waals surface area contributed by atoms with Crippen LogP contribution in [0.15, 0.2) is 94.8 Å². The third-order valence-electron chi connectivity index (χ3n) is 5.77.